The van der Waals surface area contributed by atoms with Crippen molar-refractivity contribution in [3.63, 3.8) is 0 Å². The first-order valence-electron chi connectivity index (χ1n) is 14.4. The molecular formula is C26H34NSi+. The van der Waals surface area contributed by atoms with Crippen LogP contribution in [0.1, 0.15) is 50.0 Å². The van der Waals surface area contributed by atoms with E-state index in [0.717, 1.165) is 0 Å². The fourth-order valence-corrected chi connectivity index (χ4v) is 5.15. The summed E-state index contributed by atoms with van der Waals surface area (Å²) in [6, 6.07) is 14.0. The minimum Gasteiger partial charge on any atom is -0.201 e. The van der Waals surface area contributed by atoms with Crippen molar-refractivity contribution in [2.45, 2.75) is 53.0 Å². The summed E-state index contributed by atoms with van der Waals surface area (Å²) in [5.41, 5.74) is 3.13. The molecule has 0 atom stereocenters. The topological polar surface area (TPSA) is 3.88 Å². The van der Waals surface area contributed by atoms with E-state index in [4.69, 9.17) is 13.7 Å². The number of benzene rings is 2. The van der Waals surface area contributed by atoms with E-state index in [1.54, 1.807) is 32.3 Å². The van der Waals surface area contributed by atoms with Gasteiger partial charge in [-0.15, -0.1) is 0 Å². The lowest BCUT2D eigenvalue weighted by molar-refractivity contribution is -0.659. The molecule has 0 N–H and O–H groups in total. The monoisotopic (exact) mass is 398 g/mol. The molecule has 3 rings (SSSR count). The molecule has 0 unspecified atom stereocenters. The van der Waals surface area contributed by atoms with E-state index in [-0.39, 0.29) is 11.1 Å². The van der Waals surface area contributed by atoms with E-state index in [2.05, 4.69) is 0 Å². The number of hydrogen-bond acceptors (Lipinski definition) is 0. The van der Waals surface area contributed by atoms with Crippen molar-refractivity contribution in [1.82, 2.24) is 0 Å². The Balaban J connectivity index is 2.48. The molecule has 0 saturated heterocycles. The van der Waals surface area contributed by atoms with E-state index in [1.165, 1.54) is 6.07 Å². The molecule has 0 aliphatic heterocycles. The lowest BCUT2D eigenvalue weighted by atomic mass is 9.92. The molecule has 0 aliphatic carbocycles. The largest absolute Gasteiger partial charge is 0.212 e. The van der Waals surface area contributed by atoms with E-state index < -0.39 is 34.5 Å². The zero-order valence-corrected chi connectivity index (χ0v) is 18.1. The highest BCUT2D eigenvalue weighted by Crippen LogP contribution is 2.32. The fourth-order valence-electron chi connectivity index (χ4n) is 3.56. The molecule has 28 heavy (non-hydrogen) atoms. The van der Waals surface area contributed by atoms with Gasteiger partial charge in [-0.1, -0.05) is 69.7 Å². The van der Waals surface area contributed by atoms with Crippen LogP contribution in [0.25, 0.3) is 22.4 Å². The number of rotatable bonds is 4. The zero-order valence-electron chi connectivity index (χ0n) is 27.1. The van der Waals surface area contributed by atoms with Gasteiger partial charge in [0, 0.05) is 30.5 Å². The minimum absolute atomic E-state index is 0.0367. The zero-order chi connectivity index (χ0) is 29.1. The number of hydrogen-bond donors (Lipinski definition) is 0. The van der Waals surface area contributed by atoms with Crippen molar-refractivity contribution < 1.29 is 18.3 Å². The summed E-state index contributed by atoms with van der Waals surface area (Å²) in [6.07, 6.45) is 1.75. The number of nitrogens with zero attached hydrogens (tertiary/aromatic N) is 1. The summed E-state index contributed by atoms with van der Waals surface area (Å²) >= 11 is 0. The van der Waals surface area contributed by atoms with Gasteiger partial charge >= 0.3 is 0 Å². The van der Waals surface area contributed by atoms with Crippen LogP contribution in [-0.4, -0.2) is 8.07 Å². The van der Waals surface area contributed by atoms with Gasteiger partial charge in [0.2, 0.25) is 5.69 Å². The molecule has 2 aromatic carbocycles. The predicted molar refractivity (Wildman–Crippen MR) is 125 cm³/mol. The van der Waals surface area contributed by atoms with Gasteiger partial charge in [-0.05, 0) is 53.6 Å². The average molecular weight is 399 g/mol. The Bertz CT molecular complexity index is 1320. The molecule has 2 heteroatoms. The molecule has 0 saturated carbocycles. The normalized spacial score (nSPS) is 18.9. The van der Waals surface area contributed by atoms with E-state index in [1.807, 2.05) is 54.5 Å². The molecule has 146 valence electrons. The second-order valence-corrected chi connectivity index (χ2v) is 13.3. The summed E-state index contributed by atoms with van der Waals surface area (Å²) in [6.45, 7) is -0.911. The van der Waals surface area contributed by atoms with Crippen LogP contribution < -0.4 is 9.75 Å². The van der Waals surface area contributed by atoms with Crippen LogP contribution in [-0.2, 0) is 7.05 Å². The Hall–Kier alpha value is -2.19. The van der Waals surface area contributed by atoms with Gasteiger partial charge in [-0.2, -0.15) is 0 Å². The van der Waals surface area contributed by atoms with Gasteiger partial charge in [0.15, 0.2) is 6.20 Å². The van der Waals surface area contributed by atoms with E-state index in [0.29, 0.717) is 33.1 Å². The van der Waals surface area contributed by atoms with Gasteiger partial charge in [0.1, 0.15) is 7.05 Å². The van der Waals surface area contributed by atoms with Crippen molar-refractivity contribution >= 4 is 13.3 Å². The second kappa shape index (κ2) is 7.67. The third kappa shape index (κ3) is 3.98. The number of aryl methyl sites for hydroxylation is 3. The first-order valence-corrected chi connectivity index (χ1v) is 12.9. The van der Waals surface area contributed by atoms with Crippen molar-refractivity contribution in [3.8, 4) is 22.4 Å². The van der Waals surface area contributed by atoms with Crippen LogP contribution in [0.15, 0.2) is 54.7 Å². The second-order valence-electron chi connectivity index (χ2n) is 8.30. The quantitative estimate of drug-likeness (QED) is 0.367. The smallest absolute Gasteiger partial charge is 0.201 e. The van der Waals surface area contributed by atoms with Gasteiger partial charge in [0.25, 0.3) is 0 Å². The van der Waals surface area contributed by atoms with Crippen molar-refractivity contribution in [1.29, 1.82) is 0 Å². The highest BCUT2D eigenvalue weighted by molar-refractivity contribution is 6.89. The molecule has 1 heterocycles. The molecule has 0 fully saturated rings. The van der Waals surface area contributed by atoms with E-state index in [9.17, 15) is 0 Å². The average Bonchev–Trinajstić information content (AvgIpc) is 2.76. The van der Waals surface area contributed by atoms with Crippen LogP contribution >= 0.6 is 0 Å². The lowest BCUT2D eigenvalue weighted by Gasteiger charge is -2.22. The minimum atomic E-state index is -3.13. The standard InChI is InChI=1S/C26H34NSi/c1-18(2)22-16-25(27(5)17-26(22)28(6,7)8)24-15-23(19(3)14-20(24)4)21-12-10-9-11-13-21/h9-18H,1-8H3/q+1/i1D3,2D3,3D3,18D. The maximum Gasteiger partial charge on any atom is 0.212 e. The Labute approximate surface area is 186 Å². The van der Waals surface area contributed by atoms with Crippen LogP contribution in [0, 0.1) is 13.8 Å². The summed E-state index contributed by atoms with van der Waals surface area (Å²) in [5.74, 6) is -2.85. The molecule has 1 aromatic heterocycles. The summed E-state index contributed by atoms with van der Waals surface area (Å²) < 4.78 is 83.9. The molecule has 0 spiro atoms. The molecule has 0 bridgehead atoms. The summed E-state index contributed by atoms with van der Waals surface area (Å²) in [5, 5.41) is 0.575. The molecule has 3 aromatic rings. The number of aromatic nitrogens is 1. The van der Waals surface area contributed by atoms with Gasteiger partial charge in [-0.3, -0.25) is 0 Å². The molecule has 0 aliphatic rings. The van der Waals surface area contributed by atoms with Crippen LogP contribution in [0.2, 0.25) is 19.6 Å². The van der Waals surface area contributed by atoms with Crippen LogP contribution in [0.5, 0.6) is 0 Å². The molecule has 0 amide bonds. The SMILES string of the molecule is [2H]C([2H])([2H])c1cc(C)c(-c2cc(C([2H])(C([2H])([2H])[2H])C([2H])([2H])[2H])c([Si](C)(C)C)c[n+]2C)cc1-c1ccccc1. The third-order valence-electron chi connectivity index (χ3n) is 5.08. The molecule has 1 nitrogen and oxygen atoms in total. The van der Waals surface area contributed by atoms with Gasteiger partial charge in [-0.25, -0.2) is 4.57 Å². The Morgan fingerprint density at radius 2 is 1.68 bits per heavy atom. The van der Waals surface area contributed by atoms with Crippen molar-refractivity contribution in [3.05, 3.63) is 71.4 Å². The maximum atomic E-state index is 8.98. The molecular weight excluding hydrogens is 354 g/mol. The van der Waals surface area contributed by atoms with Gasteiger partial charge in [0.05, 0.1) is 8.07 Å². The Kier molecular flexibility index (Phi) is 3.04. The first-order chi connectivity index (χ1) is 17.1. The maximum absolute atomic E-state index is 8.98. The van der Waals surface area contributed by atoms with Crippen LogP contribution in [0.4, 0.5) is 0 Å². The fraction of sp³-hybridized carbons (Fsp3) is 0.346. The third-order valence-corrected chi connectivity index (χ3v) is 7.09. The van der Waals surface area contributed by atoms with Crippen molar-refractivity contribution in [2.24, 2.45) is 7.05 Å². The highest BCUT2D eigenvalue weighted by atomic mass is 28.3. The summed E-state index contributed by atoms with van der Waals surface area (Å²) in [7, 11) is -0.537. The molecule has 0 radical (unpaired) electrons. The van der Waals surface area contributed by atoms with Crippen molar-refractivity contribution in [2.75, 3.05) is 0 Å². The lowest BCUT2D eigenvalue weighted by Crippen LogP contribution is -2.47. The summed E-state index contributed by atoms with van der Waals surface area (Å²) in [4.78, 5) is 0. The number of pyridine rings is 1. The Morgan fingerprint density at radius 1 is 0.964 bits per heavy atom. The highest BCUT2D eigenvalue weighted by Gasteiger charge is 2.27. The van der Waals surface area contributed by atoms with E-state index >= 15 is 0 Å². The Morgan fingerprint density at radius 3 is 2.29 bits per heavy atom. The van der Waals surface area contributed by atoms with Gasteiger partial charge < -0.3 is 0 Å². The first kappa shape index (κ1) is 11.1. The van der Waals surface area contributed by atoms with Crippen LogP contribution in [0.3, 0.4) is 0 Å². The predicted octanol–water partition coefficient (Wildman–Crippen LogP) is 6.13.